The zero-order valence-corrected chi connectivity index (χ0v) is 14.1. The lowest BCUT2D eigenvalue weighted by molar-refractivity contribution is -0.114. The lowest BCUT2D eigenvalue weighted by Gasteiger charge is -2.23. The van der Waals surface area contributed by atoms with Gasteiger partial charge in [-0.25, -0.2) is 0 Å². The molecule has 0 aliphatic carbocycles. The van der Waals surface area contributed by atoms with Gasteiger partial charge in [-0.15, -0.1) is 11.6 Å². The van der Waals surface area contributed by atoms with Crippen LogP contribution in [0.25, 0.3) is 0 Å². The number of halogens is 1. The second kappa shape index (κ2) is 5.81. The molecule has 0 N–H and O–H groups in total. The van der Waals surface area contributed by atoms with Gasteiger partial charge in [-0.1, -0.05) is 37.2 Å². The Balaban J connectivity index is 1.86. The molecule has 1 aliphatic rings. The van der Waals surface area contributed by atoms with Gasteiger partial charge in [0.05, 0.1) is 6.42 Å². The highest BCUT2D eigenvalue weighted by Gasteiger charge is 2.38. The van der Waals surface area contributed by atoms with Crippen molar-refractivity contribution < 1.29 is 9.32 Å². The van der Waals surface area contributed by atoms with Crippen LogP contribution in [0, 0.1) is 0 Å². The number of anilines is 1. The van der Waals surface area contributed by atoms with Gasteiger partial charge in [0.25, 0.3) is 0 Å². The maximum atomic E-state index is 12.4. The standard InChI is InChI=1S/C17H18ClN3O2/c1-17(2)12-6-4-5-7-13(12)21(3)14(17)8-11(22)9-15-19-16(10-18)23-20-15/h4-8H,9-10H2,1-3H3. The smallest absolute Gasteiger partial charge is 0.241 e. The van der Waals surface area contributed by atoms with E-state index in [1.54, 1.807) is 6.08 Å². The van der Waals surface area contributed by atoms with Crippen LogP contribution in [0.5, 0.6) is 0 Å². The summed E-state index contributed by atoms with van der Waals surface area (Å²) in [4.78, 5) is 18.5. The summed E-state index contributed by atoms with van der Waals surface area (Å²) in [6, 6.07) is 8.19. The Morgan fingerprint density at radius 3 is 2.78 bits per heavy atom. The second-order valence-electron chi connectivity index (χ2n) is 6.11. The summed E-state index contributed by atoms with van der Waals surface area (Å²) >= 11 is 5.62. The number of fused-ring (bicyclic) bond motifs is 1. The van der Waals surface area contributed by atoms with E-state index in [1.807, 2.05) is 19.2 Å². The first-order valence-electron chi connectivity index (χ1n) is 7.39. The van der Waals surface area contributed by atoms with Crippen molar-refractivity contribution in [3.05, 3.63) is 53.3 Å². The average Bonchev–Trinajstić information content (AvgIpc) is 3.05. The molecule has 0 radical (unpaired) electrons. The van der Waals surface area contributed by atoms with Gasteiger partial charge in [0, 0.05) is 29.9 Å². The Kier molecular flexibility index (Phi) is 3.98. The molecule has 0 atom stereocenters. The molecule has 1 aliphatic heterocycles. The van der Waals surface area contributed by atoms with Gasteiger partial charge in [-0.05, 0) is 11.6 Å². The number of carbonyl (C=O) groups excluding carboxylic acids is 1. The Bertz CT molecular complexity index is 780. The van der Waals surface area contributed by atoms with Crippen molar-refractivity contribution in [3.63, 3.8) is 0 Å². The summed E-state index contributed by atoms with van der Waals surface area (Å²) < 4.78 is 4.92. The molecule has 0 amide bonds. The summed E-state index contributed by atoms with van der Waals surface area (Å²) in [5.41, 5.74) is 3.08. The number of benzene rings is 1. The zero-order chi connectivity index (χ0) is 16.6. The third-order valence-electron chi connectivity index (χ3n) is 4.19. The number of rotatable bonds is 4. The van der Waals surface area contributed by atoms with E-state index in [4.69, 9.17) is 16.1 Å². The maximum Gasteiger partial charge on any atom is 0.241 e. The van der Waals surface area contributed by atoms with E-state index in [0.29, 0.717) is 11.7 Å². The van der Waals surface area contributed by atoms with Crippen molar-refractivity contribution in [1.29, 1.82) is 0 Å². The SMILES string of the molecule is CN1C(=CC(=O)Cc2noc(CCl)n2)C(C)(C)c2ccccc21. The lowest BCUT2D eigenvalue weighted by atomic mass is 9.83. The molecule has 0 saturated heterocycles. The molecular formula is C17H18ClN3O2. The molecule has 0 fully saturated rings. The van der Waals surface area contributed by atoms with Gasteiger partial charge >= 0.3 is 0 Å². The van der Waals surface area contributed by atoms with Crippen LogP contribution >= 0.6 is 11.6 Å². The number of likely N-dealkylation sites (N-methyl/N-ethyl adjacent to an activating group) is 1. The predicted molar refractivity (Wildman–Crippen MR) is 88.5 cm³/mol. The highest BCUT2D eigenvalue weighted by atomic mass is 35.5. The van der Waals surface area contributed by atoms with Crippen molar-refractivity contribution in [2.45, 2.75) is 31.6 Å². The number of carbonyl (C=O) groups is 1. The van der Waals surface area contributed by atoms with Crippen LogP contribution in [0.15, 0.2) is 40.6 Å². The van der Waals surface area contributed by atoms with Crippen molar-refractivity contribution in [1.82, 2.24) is 10.1 Å². The van der Waals surface area contributed by atoms with Crippen LogP contribution in [-0.2, 0) is 22.5 Å². The van der Waals surface area contributed by atoms with Crippen molar-refractivity contribution in [3.8, 4) is 0 Å². The number of nitrogens with zero attached hydrogens (tertiary/aromatic N) is 3. The van der Waals surface area contributed by atoms with Gasteiger partial charge in [0.1, 0.15) is 5.88 Å². The van der Waals surface area contributed by atoms with E-state index in [2.05, 4.69) is 41.0 Å². The zero-order valence-electron chi connectivity index (χ0n) is 13.3. The Morgan fingerprint density at radius 2 is 2.13 bits per heavy atom. The summed E-state index contributed by atoms with van der Waals surface area (Å²) in [7, 11) is 1.98. The third kappa shape index (κ3) is 2.77. The Hall–Kier alpha value is -2.14. The molecule has 0 saturated carbocycles. The first-order chi connectivity index (χ1) is 10.9. The average molecular weight is 332 g/mol. The van der Waals surface area contributed by atoms with E-state index in [-0.39, 0.29) is 23.5 Å². The van der Waals surface area contributed by atoms with Crippen LogP contribution in [-0.4, -0.2) is 23.0 Å². The van der Waals surface area contributed by atoms with Crippen LogP contribution in [0.2, 0.25) is 0 Å². The number of para-hydroxylation sites is 1. The van der Waals surface area contributed by atoms with E-state index in [9.17, 15) is 4.79 Å². The summed E-state index contributed by atoms with van der Waals surface area (Å²) in [5.74, 6) is 0.772. The Morgan fingerprint density at radius 1 is 1.39 bits per heavy atom. The normalized spacial score (nSPS) is 17.6. The maximum absolute atomic E-state index is 12.4. The topological polar surface area (TPSA) is 59.2 Å². The minimum absolute atomic E-state index is 0.0605. The van der Waals surface area contributed by atoms with Crippen LogP contribution < -0.4 is 4.90 Å². The molecular weight excluding hydrogens is 314 g/mol. The van der Waals surface area contributed by atoms with E-state index in [0.717, 1.165) is 11.4 Å². The minimum Gasteiger partial charge on any atom is -0.347 e. The molecule has 120 valence electrons. The molecule has 0 spiro atoms. The fourth-order valence-electron chi connectivity index (χ4n) is 3.03. The van der Waals surface area contributed by atoms with Crippen molar-refractivity contribution >= 4 is 23.1 Å². The second-order valence-corrected chi connectivity index (χ2v) is 6.38. The lowest BCUT2D eigenvalue weighted by Crippen LogP contribution is -2.24. The fourth-order valence-corrected chi connectivity index (χ4v) is 3.14. The molecule has 0 unspecified atom stereocenters. The molecule has 0 bridgehead atoms. The largest absolute Gasteiger partial charge is 0.347 e. The molecule has 1 aromatic heterocycles. The number of aromatic nitrogens is 2. The third-order valence-corrected chi connectivity index (χ3v) is 4.42. The van der Waals surface area contributed by atoms with Gasteiger partial charge < -0.3 is 9.42 Å². The van der Waals surface area contributed by atoms with Crippen LogP contribution in [0.1, 0.15) is 31.1 Å². The van der Waals surface area contributed by atoms with Gasteiger partial charge in [-0.3, -0.25) is 4.79 Å². The number of hydrogen-bond acceptors (Lipinski definition) is 5. The summed E-state index contributed by atoms with van der Waals surface area (Å²) in [6.07, 6.45) is 1.78. The summed E-state index contributed by atoms with van der Waals surface area (Å²) in [5, 5.41) is 3.76. The first-order valence-corrected chi connectivity index (χ1v) is 7.92. The Labute approximate surface area is 139 Å². The van der Waals surface area contributed by atoms with E-state index < -0.39 is 0 Å². The first kappa shape index (κ1) is 15.7. The predicted octanol–water partition coefficient (Wildman–Crippen LogP) is 3.23. The number of allylic oxidation sites excluding steroid dienone is 2. The van der Waals surface area contributed by atoms with Gasteiger partial charge in [0.2, 0.25) is 5.89 Å². The monoisotopic (exact) mass is 331 g/mol. The minimum atomic E-state index is -0.223. The fraction of sp³-hybridized carbons (Fsp3) is 0.353. The number of hydrogen-bond donors (Lipinski definition) is 0. The van der Waals surface area contributed by atoms with Crippen LogP contribution in [0.4, 0.5) is 5.69 Å². The quantitative estimate of drug-likeness (QED) is 0.636. The summed E-state index contributed by atoms with van der Waals surface area (Å²) in [6.45, 7) is 4.24. The number of ketones is 1. The molecule has 1 aromatic carbocycles. The molecule has 2 aromatic rings. The highest BCUT2D eigenvalue weighted by Crippen LogP contribution is 2.46. The molecule has 6 heteroatoms. The van der Waals surface area contributed by atoms with Gasteiger partial charge in [0.15, 0.2) is 11.6 Å². The molecule has 23 heavy (non-hydrogen) atoms. The van der Waals surface area contributed by atoms with Crippen LogP contribution in [0.3, 0.4) is 0 Å². The molecule has 5 nitrogen and oxygen atoms in total. The molecule has 3 rings (SSSR count). The highest BCUT2D eigenvalue weighted by molar-refractivity contribution is 6.16. The number of alkyl halides is 1. The van der Waals surface area contributed by atoms with Crippen molar-refractivity contribution in [2.75, 3.05) is 11.9 Å². The van der Waals surface area contributed by atoms with E-state index in [1.165, 1.54) is 5.56 Å². The van der Waals surface area contributed by atoms with Crippen molar-refractivity contribution in [2.24, 2.45) is 0 Å². The molecule has 2 heterocycles. The van der Waals surface area contributed by atoms with E-state index >= 15 is 0 Å². The van der Waals surface area contributed by atoms with Gasteiger partial charge in [-0.2, -0.15) is 4.98 Å².